The first kappa shape index (κ1) is 18.4. The number of hydrogen-bond acceptors (Lipinski definition) is 4. The summed E-state index contributed by atoms with van der Waals surface area (Å²) in [7, 11) is 1.70. The first-order valence-electron chi connectivity index (χ1n) is 9.59. The summed E-state index contributed by atoms with van der Waals surface area (Å²) in [6.07, 6.45) is 7.67. The lowest BCUT2D eigenvalue weighted by molar-refractivity contribution is 0.0251. The number of fused-ring (bicyclic) bond motifs is 5. The molecule has 6 heteroatoms. The molecule has 0 amide bonds. The number of benzene rings is 1. The molecule has 5 nitrogen and oxygen atoms in total. The molecule has 1 aliphatic carbocycles. The lowest BCUT2D eigenvalue weighted by Crippen LogP contribution is -2.48. The van der Waals surface area contributed by atoms with E-state index in [4.69, 9.17) is 9.47 Å². The zero-order chi connectivity index (χ0) is 17.5. The summed E-state index contributed by atoms with van der Waals surface area (Å²) in [5.41, 5.74) is 2.14. The molecule has 2 saturated heterocycles. The van der Waals surface area contributed by atoms with Crippen molar-refractivity contribution in [1.29, 1.82) is 0 Å². The molecule has 2 aliphatic heterocycles. The van der Waals surface area contributed by atoms with Crippen molar-refractivity contribution >= 4 is 34.2 Å². The molecule has 144 valence electrons. The van der Waals surface area contributed by atoms with E-state index >= 15 is 0 Å². The van der Waals surface area contributed by atoms with Crippen LogP contribution in [-0.2, 0) is 0 Å². The van der Waals surface area contributed by atoms with Crippen molar-refractivity contribution in [3.05, 3.63) is 30.6 Å². The largest absolute Gasteiger partial charge is 0.493 e. The van der Waals surface area contributed by atoms with E-state index in [-0.39, 0.29) is 12.4 Å². The highest BCUT2D eigenvalue weighted by Crippen LogP contribution is 2.39. The zero-order valence-electron chi connectivity index (χ0n) is 15.6. The van der Waals surface area contributed by atoms with Gasteiger partial charge in [-0.15, -0.1) is 12.4 Å². The zero-order valence-corrected chi connectivity index (χ0v) is 16.4. The van der Waals surface area contributed by atoms with E-state index in [2.05, 4.69) is 14.9 Å². The minimum atomic E-state index is 0. The van der Waals surface area contributed by atoms with Crippen LogP contribution in [0.4, 0.5) is 0 Å². The van der Waals surface area contributed by atoms with Gasteiger partial charge >= 0.3 is 0 Å². The second kappa shape index (κ2) is 7.56. The third-order valence-electron chi connectivity index (χ3n) is 5.93. The summed E-state index contributed by atoms with van der Waals surface area (Å²) in [6.45, 7) is 4.43. The Morgan fingerprint density at radius 1 is 1.11 bits per heavy atom. The number of nitrogens with one attached hydrogen (secondary N) is 1. The van der Waals surface area contributed by atoms with Gasteiger partial charge in [0.15, 0.2) is 11.5 Å². The quantitative estimate of drug-likeness (QED) is 0.642. The molecule has 3 aliphatic rings. The first-order chi connectivity index (χ1) is 12.8. The minimum absolute atomic E-state index is 0. The Morgan fingerprint density at radius 3 is 2.70 bits per heavy atom. The van der Waals surface area contributed by atoms with Gasteiger partial charge in [0.25, 0.3) is 0 Å². The fraction of sp³-hybridized carbons (Fsp3) is 0.476. The van der Waals surface area contributed by atoms with Crippen molar-refractivity contribution in [3.63, 3.8) is 0 Å². The molecule has 4 heterocycles. The molecule has 0 radical (unpaired) electrons. The van der Waals surface area contributed by atoms with Crippen LogP contribution in [0.15, 0.2) is 30.6 Å². The lowest BCUT2D eigenvalue weighted by atomic mass is 9.71. The van der Waals surface area contributed by atoms with Crippen LogP contribution in [0.25, 0.3) is 21.8 Å². The number of halogens is 1. The summed E-state index contributed by atoms with van der Waals surface area (Å²) in [5, 5.41) is 2.22. The molecule has 0 unspecified atom stereocenters. The van der Waals surface area contributed by atoms with Gasteiger partial charge in [0.05, 0.1) is 19.2 Å². The van der Waals surface area contributed by atoms with E-state index in [9.17, 15) is 0 Å². The van der Waals surface area contributed by atoms with Crippen LogP contribution >= 0.6 is 12.4 Å². The van der Waals surface area contributed by atoms with E-state index in [1.54, 1.807) is 13.3 Å². The van der Waals surface area contributed by atoms with Crippen LogP contribution in [0.2, 0.25) is 0 Å². The van der Waals surface area contributed by atoms with Crippen LogP contribution in [0, 0.1) is 11.8 Å². The molecule has 27 heavy (non-hydrogen) atoms. The minimum Gasteiger partial charge on any atom is -0.493 e. The van der Waals surface area contributed by atoms with Gasteiger partial charge < -0.3 is 19.4 Å². The summed E-state index contributed by atoms with van der Waals surface area (Å²) in [6, 6.07) is 6.08. The molecule has 3 aromatic rings. The lowest BCUT2D eigenvalue weighted by Gasteiger charge is -2.47. The molecular formula is C21H26ClN3O2. The Kier molecular flexibility index (Phi) is 5.15. The Labute approximate surface area is 165 Å². The molecule has 3 fully saturated rings. The molecule has 0 spiro atoms. The van der Waals surface area contributed by atoms with E-state index in [1.165, 1.54) is 25.9 Å². The Bertz CT molecular complexity index is 926. The average Bonchev–Trinajstić information content (AvgIpc) is 3.01. The molecule has 6 rings (SSSR count). The van der Waals surface area contributed by atoms with Crippen molar-refractivity contribution in [1.82, 2.24) is 14.9 Å². The van der Waals surface area contributed by atoms with Gasteiger partial charge in [-0.05, 0) is 43.2 Å². The number of aromatic amines is 1. The van der Waals surface area contributed by atoms with Gasteiger partial charge in [-0.25, -0.2) is 0 Å². The summed E-state index contributed by atoms with van der Waals surface area (Å²) < 4.78 is 11.6. The van der Waals surface area contributed by atoms with Crippen molar-refractivity contribution in [2.75, 3.05) is 33.4 Å². The van der Waals surface area contributed by atoms with Crippen LogP contribution in [0.3, 0.4) is 0 Å². The van der Waals surface area contributed by atoms with Gasteiger partial charge in [-0.3, -0.25) is 4.98 Å². The molecular weight excluding hydrogens is 362 g/mol. The van der Waals surface area contributed by atoms with Gasteiger partial charge in [0, 0.05) is 54.4 Å². The average molecular weight is 388 g/mol. The third-order valence-corrected chi connectivity index (χ3v) is 5.93. The second-order valence-corrected chi connectivity index (χ2v) is 7.76. The van der Waals surface area contributed by atoms with Gasteiger partial charge in [0.2, 0.25) is 0 Å². The smallest absolute Gasteiger partial charge is 0.163 e. The van der Waals surface area contributed by atoms with Gasteiger partial charge in [-0.1, -0.05) is 0 Å². The maximum absolute atomic E-state index is 6.07. The molecule has 0 atom stereocenters. The Morgan fingerprint density at radius 2 is 1.93 bits per heavy atom. The fourth-order valence-electron chi connectivity index (χ4n) is 4.65. The van der Waals surface area contributed by atoms with E-state index in [0.29, 0.717) is 0 Å². The number of ether oxygens (including phenoxy) is 2. The highest BCUT2D eigenvalue weighted by Gasteiger charge is 2.36. The predicted molar refractivity (Wildman–Crippen MR) is 110 cm³/mol. The summed E-state index contributed by atoms with van der Waals surface area (Å²) in [5.74, 6) is 3.52. The van der Waals surface area contributed by atoms with Gasteiger partial charge in [-0.2, -0.15) is 0 Å². The monoisotopic (exact) mass is 387 g/mol. The maximum atomic E-state index is 6.07. The standard InChI is InChI=1S/C21H25N3O2.ClH/c1-25-20-9-16-17-11-22-4-3-18(17)23-19(16)10-21(20)26-6-2-5-24-12-14-7-15(8-14)13-24;/h3-4,9-11,14-15,23H,2,5-8,12-13H2,1H3;1H. The maximum Gasteiger partial charge on any atom is 0.163 e. The Balaban J connectivity index is 0.00000180. The summed E-state index contributed by atoms with van der Waals surface area (Å²) >= 11 is 0. The number of rotatable bonds is 6. The van der Waals surface area contributed by atoms with Crippen molar-refractivity contribution < 1.29 is 9.47 Å². The second-order valence-electron chi connectivity index (χ2n) is 7.76. The number of nitrogens with zero attached hydrogens (tertiary/aromatic N) is 2. The molecule has 2 aromatic heterocycles. The molecule has 2 bridgehead atoms. The van der Waals surface area contributed by atoms with Gasteiger partial charge in [0.1, 0.15) is 0 Å². The van der Waals surface area contributed by atoms with Crippen LogP contribution in [0.1, 0.15) is 19.3 Å². The van der Waals surface area contributed by atoms with Crippen LogP contribution in [0.5, 0.6) is 11.5 Å². The number of aromatic nitrogens is 2. The SMILES string of the molecule is COc1cc2c(cc1OCCCN1CC3CC(C3)C1)[nH]c1ccncc12.Cl. The number of piperidine rings is 2. The molecule has 1 aromatic carbocycles. The van der Waals surface area contributed by atoms with Crippen molar-refractivity contribution in [3.8, 4) is 11.5 Å². The number of H-pyrrole nitrogens is 1. The predicted octanol–water partition coefficient (Wildman–Crippen LogP) is 4.26. The third kappa shape index (κ3) is 3.46. The number of methoxy groups -OCH3 is 1. The highest BCUT2D eigenvalue weighted by molar-refractivity contribution is 6.07. The fourth-order valence-corrected chi connectivity index (χ4v) is 4.65. The van der Waals surface area contributed by atoms with Crippen LogP contribution < -0.4 is 9.47 Å². The number of hydrogen-bond donors (Lipinski definition) is 1. The molecule has 1 N–H and O–H groups in total. The Hall–Kier alpha value is -1.98. The molecule has 1 saturated carbocycles. The topological polar surface area (TPSA) is 50.4 Å². The van der Waals surface area contributed by atoms with Crippen LogP contribution in [-0.4, -0.2) is 48.2 Å². The highest BCUT2D eigenvalue weighted by atomic mass is 35.5. The normalized spacial score (nSPS) is 21.7. The first-order valence-corrected chi connectivity index (χ1v) is 9.59. The van der Waals surface area contributed by atoms with E-state index < -0.39 is 0 Å². The van der Waals surface area contributed by atoms with E-state index in [0.717, 1.165) is 64.7 Å². The van der Waals surface area contributed by atoms with Crippen molar-refractivity contribution in [2.45, 2.75) is 19.3 Å². The van der Waals surface area contributed by atoms with Crippen molar-refractivity contribution in [2.24, 2.45) is 11.8 Å². The van der Waals surface area contributed by atoms with E-state index in [1.807, 2.05) is 24.4 Å². The summed E-state index contributed by atoms with van der Waals surface area (Å²) in [4.78, 5) is 10.3. The number of pyridine rings is 1.